The van der Waals surface area contributed by atoms with Gasteiger partial charge in [0.25, 0.3) is 7.82 Å². The fourth-order valence-electron chi connectivity index (χ4n) is 0.244. The van der Waals surface area contributed by atoms with Crippen molar-refractivity contribution >= 4 is 7.82 Å². The summed E-state index contributed by atoms with van der Waals surface area (Å²) in [4.78, 5) is 17.4. The minimum atomic E-state index is -5.91. The highest BCUT2D eigenvalue weighted by Crippen LogP contribution is 2.40. The van der Waals surface area contributed by atoms with Crippen LogP contribution in [0.1, 0.15) is 0 Å². The molecule has 13 heavy (non-hydrogen) atoms. The van der Waals surface area contributed by atoms with Crippen molar-refractivity contribution < 1.29 is 40.8 Å². The van der Waals surface area contributed by atoms with Gasteiger partial charge in [0, 0.05) is 0 Å². The fraction of sp³-hybridized carbons (Fsp3) is 1.00. The molecule has 1 unspecified atom stereocenters. The van der Waals surface area contributed by atoms with E-state index in [4.69, 9.17) is 4.89 Å². The van der Waals surface area contributed by atoms with Crippen LogP contribution < -0.4 is 4.89 Å². The van der Waals surface area contributed by atoms with Crippen LogP contribution in [-0.4, -0.2) is 23.6 Å². The molecule has 0 bridgehead atoms. The summed E-state index contributed by atoms with van der Waals surface area (Å²) >= 11 is 0. The molecule has 0 aliphatic heterocycles. The summed E-state index contributed by atoms with van der Waals surface area (Å²) in [5.74, 6) is -5.31. The Morgan fingerprint density at radius 1 is 1.31 bits per heavy atom. The van der Waals surface area contributed by atoms with Crippen molar-refractivity contribution in [2.45, 2.75) is 12.1 Å². The van der Waals surface area contributed by atoms with Crippen LogP contribution in [0.4, 0.5) is 22.0 Å². The van der Waals surface area contributed by atoms with Gasteiger partial charge in [-0.1, -0.05) is 0 Å². The molecule has 4 nitrogen and oxygen atoms in total. The molecule has 0 aliphatic rings. The zero-order chi connectivity index (χ0) is 10.9. The van der Waals surface area contributed by atoms with Crippen LogP contribution in [0.15, 0.2) is 0 Å². The Morgan fingerprint density at radius 3 is 1.92 bits per heavy atom. The summed E-state index contributed by atoms with van der Waals surface area (Å²) in [7, 11) is -5.56. The maximum absolute atomic E-state index is 11.8. The van der Waals surface area contributed by atoms with E-state index >= 15 is 0 Å². The molecule has 80 valence electrons. The van der Waals surface area contributed by atoms with Crippen molar-refractivity contribution in [1.82, 2.24) is 0 Å². The lowest BCUT2D eigenvalue weighted by molar-refractivity contribution is -0.297. The first-order chi connectivity index (χ1) is 5.46. The number of halogens is 5. The Bertz CT molecular complexity index is 218. The summed E-state index contributed by atoms with van der Waals surface area (Å²) in [5, 5.41) is 0. The van der Waals surface area contributed by atoms with E-state index in [0.717, 1.165) is 0 Å². The predicted octanol–water partition coefficient (Wildman–Crippen LogP) is 0.661. The molecule has 0 radical (unpaired) electrons. The minimum absolute atomic E-state index is 2.46. The first-order valence-electron chi connectivity index (χ1n) is 2.58. The highest BCUT2D eigenvalue weighted by molar-refractivity contribution is 7.44. The average Bonchev–Trinajstić information content (AvgIpc) is 1.79. The third-order valence-electron chi connectivity index (χ3n) is 0.824. The Balaban J connectivity index is 4.29. The number of hydrogen-bond donors (Lipinski definition) is 1. The van der Waals surface area contributed by atoms with E-state index in [1.54, 1.807) is 0 Å². The predicted molar refractivity (Wildman–Crippen MR) is 26.8 cm³/mol. The highest BCUT2D eigenvalue weighted by atomic mass is 31.2. The Kier molecular flexibility index (Phi) is 3.42. The molecule has 1 N–H and O–H groups in total. The van der Waals surface area contributed by atoms with Gasteiger partial charge in [-0.25, -0.2) is 0 Å². The second kappa shape index (κ2) is 3.49. The van der Waals surface area contributed by atoms with Gasteiger partial charge in [0.15, 0.2) is 0 Å². The SMILES string of the molecule is O=P([O-])(O)OCC(F)(F)C(F)(F)F. The molecule has 0 rings (SSSR count). The Labute approximate surface area is 68.5 Å². The number of hydrogen-bond acceptors (Lipinski definition) is 3. The second-order valence-corrected chi connectivity index (χ2v) is 3.14. The molecule has 0 saturated carbocycles. The molecule has 0 saturated heterocycles. The van der Waals surface area contributed by atoms with E-state index in [2.05, 4.69) is 4.52 Å². The fourth-order valence-corrected chi connectivity index (χ4v) is 0.570. The van der Waals surface area contributed by atoms with Crippen LogP contribution in [0.2, 0.25) is 0 Å². The maximum Gasteiger partial charge on any atom is 0.455 e. The molecular weight excluding hydrogens is 226 g/mol. The quantitative estimate of drug-likeness (QED) is 0.570. The Morgan fingerprint density at radius 2 is 1.69 bits per heavy atom. The zero-order valence-electron chi connectivity index (χ0n) is 5.72. The van der Waals surface area contributed by atoms with Crippen LogP contribution in [0.3, 0.4) is 0 Å². The first kappa shape index (κ1) is 12.8. The van der Waals surface area contributed by atoms with Crippen molar-refractivity contribution in [2.75, 3.05) is 6.61 Å². The van der Waals surface area contributed by atoms with Crippen LogP contribution in [-0.2, 0) is 9.09 Å². The van der Waals surface area contributed by atoms with E-state index in [1.165, 1.54) is 0 Å². The molecule has 10 heteroatoms. The topological polar surface area (TPSA) is 69.6 Å². The van der Waals surface area contributed by atoms with Crippen LogP contribution in [0.5, 0.6) is 0 Å². The monoisotopic (exact) mass is 229 g/mol. The van der Waals surface area contributed by atoms with Crippen LogP contribution in [0, 0.1) is 0 Å². The molecule has 1 atom stereocenters. The third kappa shape index (κ3) is 4.51. The lowest BCUT2D eigenvalue weighted by Crippen LogP contribution is -2.40. The van der Waals surface area contributed by atoms with Gasteiger partial charge in [0.05, 0.1) is 0 Å². The van der Waals surface area contributed by atoms with Gasteiger partial charge in [-0.05, 0) is 0 Å². The molecular formula is C3H3F5O4P-. The lowest BCUT2D eigenvalue weighted by atomic mass is 10.3. The standard InChI is InChI=1S/C3H4F5O4P/c4-2(5,3(6,7)8)1-12-13(9,10)11/h1H2,(H2,9,10,11)/p-1. The molecule has 0 amide bonds. The molecule has 0 fully saturated rings. The Hall–Kier alpha value is -0.240. The molecule has 0 aromatic rings. The number of alkyl halides is 5. The summed E-state index contributed by atoms with van der Waals surface area (Å²) in [6.07, 6.45) is -5.91. The lowest BCUT2D eigenvalue weighted by Gasteiger charge is -2.22. The normalized spacial score (nSPS) is 18.4. The average molecular weight is 229 g/mol. The van der Waals surface area contributed by atoms with Crippen molar-refractivity contribution in [3.05, 3.63) is 0 Å². The van der Waals surface area contributed by atoms with Crippen LogP contribution >= 0.6 is 7.82 Å². The number of phosphoric acid groups is 1. The van der Waals surface area contributed by atoms with Gasteiger partial charge >= 0.3 is 12.1 Å². The summed E-state index contributed by atoms with van der Waals surface area (Å²) < 4.78 is 70.2. The van der Waals surface area contributed by atoms with E-state index in [1.807, 2.05) is 0 Å². The molecule has 0 spiro atoms. The summed E-state index contributed by atoms with van der Waals surface area (Å²) in [6.45, 7) is -2.46. The van der Waals surface area contributed by atoms with Crippen molar-refractivity contribution in [2.24, 2.45) is 0 Å². The van der Waals surface area contributed by atoms with Crippen molar-refractivity contribution in [3.63, 3.8) is 0 Å². The number of phosphoric ester groups is 1. The highest BCUT2D eigenvalue weighted by Gasteiger charge is 2.58. The largest absolute Gasteiger partial charge is 0.756 e. The van der Waals surface area contributed by atoms with Crippen molar-refractivity contribution in [3.8, 4) is 0 Å². The van der Waals surface area contributed by atoms with Gasteiger partial charge in [0.2, 0.25) is 0 Å². The molecule has 0 aromatic heterocycles. The van der Waals surface area contributed by atoms with Gasteiger partial charge < -0.3 is 14.3 Å². The first-order valence-corrected chi connectivity index (χ1v) is 4.08. The smallest absolute Gasteiger partial charge is 0.455 e. The van der Waals surface area contributed by atoms with Crippen molar-refractivity contribution in [1.29, 1.82) is 0 Å². The third-order valence-corrected chi connectivity index (χ3v) is 1.28. The summed E-state index contributed by atoms with van der Waals surface area (Å²) in [6, 6.07) is 0. The molecule has 0 aromatic carbocycles. The minimum Gasteiger partial charge on any atom is -0.756 e. The number of rotatable bonds is 3. The maximum atomic E-state index is 11.8. The van der Waals surface area contributed by atoms with Gasteiger partial charge in [0.1, 0.15) is 6.61 Å². The van der Waals surface area contributed by atoms with Crippen LogP contribution in [0.25, 0.3) is 0 Å². The zero-order valence-corrected chi connectivity index (χ0v) is 6.61. The van der Waals surface area contributed by atoms with E-state index in [-0.39, 0.29) is 0 Å². The van der Waals surface area contributed by atoms with Gasteiger partial charge in [-0.3, -0.25) is 4.57 Å². The van der Waals surface area contributed by atoms with Gasteiger partial charge in [-0.15, -0.1) is 0 Å². The molecule has 0 heterocycles. The molecule has 0 aliphatic carbocycles. The second-order valence-electron chi connectivity index (χ2n) is 1.94. The summed E-state index contributed by atoms with van der Waals surface area (Å²) in [5.41, 5.74) is 0. The van der Waals surface area contributed by atoms with E-state index < -0.39 is 26.5 Å². The van der Waals surface area contributed by atoms with Gasteiger partial charge in [-0.2, -0.15) is 22.0 Å². The van der Waals surface area contributed by atoms with E-state index in [0.29, 0.717) is 0 Å². The van der Waals surface area contributed by atoms with E-state index in [9.17, 15) is 31.4 Å².